The summed E-state index contributed by atoms with van der Waals surface area (Å²) in [6.45, 7) is 6.18. The van der Waals surface area contributed by atoms with Gasteiger partial charge in [-0.1, -0.05) is 12.1 Å². The average Bonchev–Trinajstić information content (AvgIpc) is 3.69. The van der Waals surface area contributed by atoms with E-state index in [1.54, 1.807) is 18.3 Å². The molecule has 2 bridgehead atoms. The standard InChI is InChI=1S/C32H34F2N6O3/c33-25-3-1-2-19-12-22(41)13-23(26(19)25)28-27(34)29-24(14-35-28)30(40-15-20-4-5-21(16-40)36-20)38-31(37-29)43-18-32(6-7-32)17-39-8-10-42-11-9-39/h1-3,12-14,20-21,36,41H,4-11,15-18H2/t20-,21+. The van der Waals surface area contributed by atoms with Gasteiger partial charge in [-0.15, -0.1) is 0 Å². The van der Waals surface area contributed by atoms with E-state index in [1.165, 1.54) is 18.2 Å². The zero-order valence-corrected chi connectivity index (χ0v) is 23.9. The molecule has 4 aromatic rings. The van der Waals surface area contributed by atoms with Gasteiger partial charge in [-0.25, -0.2) is 8.78 Å². The molecule has 0 radical (unpaired) electrons. The SMILES string of the molecule is Oc1cc(-c2ncc3c(N4C[C@H]5CC[C@@H](C4)N5)nc(OCC4(CN5CCOCC5)CC4)nc3c2F)c2c(F)cccc2c1. The molecule has 224 valence electrons. The van der Waals surface area contributed by atoms with Crippen LogP contribution in [-0.2, 0) is 4.74 Å². The Balaban J connectivity index is 1.20. The third-order valence-corrected chi connectivity index (χ3v) is 9.45. The first-order chi connectivity index (χ1) is 20.9. The Morgan fingerprint density at radius 1 is 1.07 bits per heavy atom. The monoisotopic (exact) mass is 588 g/mol. The number of piperazine rings is 1. The van der Waals surface area contributed by atoms with Crippen LogP contribution in [0.5, 0.6) is 11.8 Å². The van der Waals surface area contributed by atoms with Crippen LogP contribution < -0.4 is 15.0 Å². The largest absolute Gasteiger partial charge is 0.508 e. The smallest absolute Gasteiger partial charge is 0.319 e. The van der Waals surface area contributed by atoms with Crippen molar-refractivity contribution < 1.29 is 23.4 Å². The number of morpholine rings is 1. The van der Waals surface area contributed by atoms with E-state index in [1.807, 2.05) is 0 Å². The number of nitrogens with zero attached hydrogens (tertiary/aromatic N) is 5. The third-order valence-electron chi connectivity index (χ3n) is 9.45. The molecule has 2 aromatic heterocycles. The van der Waals surface area contributed by atoms with Crippen LogP contribution in [0.25, 0.3) is 32.9 Å². The molecule has 8 rings (SSSR count). The van der Waals surface area contributed by atoms with Gasteiger partial charge in [-0.2, -0.15) is 9.97 Å². The van der Waals surface area contributed by atoms with Crippen molar-refractivity contribution >= 4 is 27.5 Å². The van der Waals surface area contributed by atoms with E-state index in [0.29, 0.717) is 35.3 Å². The van der Waals surface area contributed by atoms with E-state index in [9.17, 15) is 5.11 Å². The van der Waals surface area contributed by atoms with Gasteiger partial charge in [0.2, 0.25) is 0 Å². The summed E-state index contributed by atoms with van der Waals surface area (Å²) in [6.07, 6.45) is 5.86. The molecule has 43 heavy (non-hydrogen) atoms. The quantitative estimate of drug-likeness (QED) is 0.328. The highest BCUT2D eigenvalue weighted by atomic mass is 19.1. The minimum Gasteiger partial charge on any atom is -0.508 e. The van der Waals surface area contributed by atoms with Gasteiger partial charge in [0.1, 0.15) is 28.6 Å². The van der Waals surface area contributed by atoms with Crippen molar-refractivity contribution in [3.8, 4) is 23.0 Å². The Morgan fingerprint density at radius 2 is 1.86 bits per heavy atom. The summed E-state index contributed by atoms with van der Waals surface area (Å²) in [6, 6.07) is 8.16. The molecule has 3 saturated heterocycles. The van der Waals surface area contributed by atoms with Crippen molar-refractivity contribution in [2.24, 2.45) is 5.41 Å². The molecule has 0 amide bonds. The zero-order chi connectivity index (χ0) is 29.1. The lowest BCUT2D eigenvalue weighted by molar-refractivity contribution is 0.0231. The summed E-state index contributed by atoms with van der Waals surface area (Å²) < 4.78 is 43.4. The van der Waals surface area contributed by atoms with Gasteiger partial charge < -0.3 is 24.8 Å². The molecule has 0 spiro atoms. The number of benzene rings is 2. The number of hydrogen-bond acceptors (Lipinski definition) is 9. The molecule has 1 saturated carbocycles. The molecule has 9 nitrogen and oxygen atoms in total. The highest BCUT2D eigenvalue weighted by molar-refractivity contribution is 6.00. The summed E-state index contributed by atoms with van der Waals surface area (Å²) >= 11 is 0. The fourth-order valence-electron chi connectivity index (χ4n) is 7.01. The topological polar surface area (TPSA) is 95.9 Å². The molecule has 2 atom stereocenters. The van der Waals surface area contributed by atoms with E-state index in [-0.39, 0.29) is 39.3 Å². The normalized spacial score (nSPS) is 23.3. The molecule has 5 heterocycles. The summed E-state index contributed by atoms with van der Waals surface area (Å²) in [4.78, 5) is 18.5. The fraction of sp³-hybridized carbons (Fsp3) is 0.469. The van der Waals surface area contributed by atoms with Crippen molar-refractivity contribution in [1.29, 1.82) is 0 Å². The van der Waals surface area contributed by atoms with Crippen LogP contribution in [0.3, 0.4) is 0 Å². The van der Waals surface area contributed by atoms with Crippen molar-refractivity contribution in [3.63, 3.8) is 0 Å². The summed E-state index contributed by atoms with van der Waals surface area (Å²) in [5.41, 5.74) is 0.184. The molecular weight excluding hydrogens is 554 g/mol. The molecule has 4 aliphatic rings. The van der Waals surface area contributed by atoms with Crippen LogP contribution in [0.2, 0.25) is 0 Å². The van der Waals surface area contributed by atoms with Crippen molar-refractivity contribution in [1.82, 2.24) is 25.2 Å². The van der Waals surface area contributed by atoms with Gasteiger partial charge in [-0.3, -0.25) is 9.88 Å². The maximum atomic E-state index is 16.6. The lowest BCUT2D eigenvalue weighted by atomic mass is 9.99. The number of phenols is 1. The van der Waals surface area contributed by atoms with E-state index >= 15 is 8.78 Å². The summed E-state index contributed by atoms with van der Waals surface area (Å²) in [5, 5.41) is 15.2. The van der Waals surface area contributed by atoms with Crippen LogP contribution in [0.4, 0.5) is 14.6 Å². The van der Waals surface area contributed by atoms with Gasteiger partial charge in [0.15, 0.2) is 5.82 Å². The van der Waals surface area contributed by atoms with Gasteiger partial charge in [0.25, 0.3) is 0 Å². The lowest BCUT2D eigenvalue weighted by Crippen LogP contribution is -2.51. The number of hydrogen-bond donors (Lipinski definition) is 2. The fourth-order valence-corrected chi connectivity index (χ4v) is 7.01. The maximum absolute atomic E-state index is 16.6. The first-order valence-electron chi connectivity index (χ1n) is 15.2. The Bertz CT molecular complexity index is 1700. The number of fused-ring (bicyclic) bond motifs is 4. The first kappa shape index (κ1) is 26.9. The minimum atomic E-state index is -0.700. The van der Waals surface area contributed by atoms with E-state index < -0.39 is 11.6 Å². The molecular formula is C32H34F2N6O3. The van der Waals surface area contributed by atoms with Gasteiger partial charge in [-0.05, 0) is 49.3 Å². The molecule has 4 fully saturated rings. The number of aromatic nitrogens is 3. The van der Waals surface area contributed by atoms with Gasteiger partial charge in [0.05, 0.1) is 25.2 Å². The summed E-state index contributed by atoms with van der Waals surface area (Å²) in [5.74, 6) is -0.726. The van der Waals surface area contributed by atoms with Crippen LogP contribution in [0.1, 0.15) is 25.7 Å². The number of halogens is 2. The number of nitrogens with one attached hydrogen (secondary N) is 1. The Hall–Kier alpha value is -3.67. The highest BCUT2D eigenvalue weighted by Crippen LogP contribution is 2.47. The molecule has 3 aliphatic heterocycles. The predicted octanol–water partition coefficient (Wildman–Crippen LogP) is 4.26. The second-order valence-electron chi connectivity index (χ2n) is 12.6. The number of phenolic OH excluding ortho intramolecular Hbond substituents is 1. The van der Waals surface area contributed by atoms with Crippen LogP contribution in [0.15, 0.2) is 36.5 Å². The molecule has 2 aromatic carbocycles. The zero-order valence-electron chi connectivity index (χ0n) is 23.9. The third kappa shape index (κ3) is 5.03. The molecule has 1 aliphatic carbocycles. The second-order valence-corrected chi connectivity index (χ2v) is 12.6. The Morgan fingerprint density at radius 3 is 2.63 bits per heavy atom. The molecule has 2 N–H and O–H groups in total. The average molecular weight is 589 g/mol. The van der Waals surface area contributed by atoms with Crippen molar-refractivity contribution in [3.05, 3.63) is 48.2 Å². The number of ether oxygens (including phenoxy) is 2. The van der Waals surface area contributed by atoms with Gasteiger partial charge >= 0.3 is 6.01 Å². The number of rotatable bonds is 7. The number of anilines is 1. The van der Waals surface area contributed by atoms with Gasteiger partial charge in [0, 0.05) is 67.4 Å². The van der Waals surface area contributed by atoms with Crippen LogP contribution >= 0.6 is 0 Å². The second kappa shape index (κ2) is 10.5. The number of aromatic hydroxyl groups is 1. The lowest BCUT2D eigenvalue weighted by Gasteiger charge is -2.34. The first-order valence-corrected chi connectivity index (χ1v) is 15.2. The van der Waals surface area contributed by atoms with Crippen molar-refractivity contribution in [2.45, 2.75) is 37.8 Å². The Kier molecular flexibility index (Phi) is 6.57. The highest BCUT2D eigenvalue weighted by Gasteiger charge is 2.45. The van der Waals surface area contributed by atoms with Crippen molar-refractivity contribution in [2.75, 3.05) is 57.4 Å². The van der Waals surface area contributed by atoms with Crippen LogP contribution in [-0.4, -0.2) is 89.6 Å². The molecule has 11 heteroatoms. The predicted molar refractivity (Wildman–Crippen MR) is 158 cm³/mol. The van der Waals surface area contributed by atoms with E-state index in [2.05, 4.69) is 25.1 Å². The number of pyridine rings is 1. The minimum absolute atomic E-state index is 0.0317. The Labute approximate surface area is 247 Å². The van der Waals surface area contributed by atoms with E-state index in [4.69, 9.17) is 14.5 Å². The summed E-state index contributed by atoms with van der Waals surface area (Å²) in [7, 11) is 0. The van der Waals surface area contributed by atoms with Crippen LogP contribution in [0, 0.1) is 17.0 Å². The van der Waals surface area contributed by atoms with E-state index in [0.717, 1.165) is 71.6 Å². The maximum Gasteiger partial charge on any atom is 0.319 e. The molecule has 0 unspecified atom stereocenters.